The van der Waals surface area contributed by atoms with E-state index < -0.39 is 7.60 Å². The molecule has 25 heavy (non-hydrogen) atoms. The molecular weight excluding hydrogens is 363 g/mol. The van der Waals surface area contributed by atoms with E-state index >= 15 is 0 Å². The number of nitrogens with two attached hydrogens (primary N) is 1. The van der Waals surface area contributed by atoms with Crippen LogP contribution >= 0.6 is 20.0 Å². The van der Waals surface area contributed by atoms with Gasteiger partial charge >= 0.3 is 7.60 Å². The van der Waals surface area contributed by atoms with Crippen molar-refractivity contribution in [3.63, 3.8) is 0 Å². The van der Waals surface area contributed by atoms with Crippen LogP contribution in [0.4, 0.5) is 0 Å². The van der Waals surface area contributed by atoms with E-state index in [0.717, 1.165) is 16.9 Å². The molecule has 0 aliphatic rings. The molecule has 0 amide bonds. The molecule has 2 aromatic rings. The molecule has 5 N–H and O–H groups in total. The van der Waals surface area contributed by atoms with Crippen molar-refractivity contribution in [2.45, 2.75) is 12.8 Å². The van der Waals surface area contributed by atoms with Gasteiger partial charge in [0.25, 0.3) is 0 Å². The van der Waals surface area contributed by atoms with Crippen LogP contribution < -0.4 is 10.5 Å². The van der Waals surface area contributed by atoms with E-state index in [2.05, 4.69) is 0 Å². The lowest BCUT2D eigenvalue weighted by atomic mass is 10.0. The zero-order valence-electron chi connectivity index (χ0n) is 13.6. The molecule has 2 aromatic carbocycles. The van der Waals surface area contributed by atoms with Gasteiger partial charge in [0.05, 0.1) is 6.61 Å². The van der Waals surface area contributed by atoms with Crippen molar-refractivity contribution >= 4 is 25.8 Å². The second-order valence-corrected chi connectivity index (χ2v) is 7.24. The van der Waals surface area contributed by atoms with Gasteiger partial charge in [-0.05, 0) is 36.1 Å². The number of rotatable bonds is 8. The van der Waals surface area contributed by atoms with Gasteiger partial charge in [-0.25, -0.2) is 0 Å². The van der Waals surface area contributed by atoms with Crippen LogP contribution in [0.3, 0.4) is 0 Å². The fourth-order valence-electron chi connectivity index (χ4n) is 2.20. The van der Waals surface area contributed by atoms with Crippen LogP contribution in [-0.2, 0) is 4.57 Å². The molecule has 6 nitrogen and oxygen atoms in total. The third-order valence-corrected chi connectivity index (χ3v) is 4.39. The lowest BCUT2D eigenvalue weighted by molar-refractivity contribution is 0.307. The molecule has 0 aliphatic heterocycles. The summed E-state index contributed by atoms with van der Waals surface area (Å²) in [5.41, 5.74) is 8.17. The van der Waals surface area contributed by atoms with Crippen LogP contribution in [0.2, 0.25) is 0 Å². The maximum Gasteiger partial charge on any atom is 0.325 e. The van der Waals surface area contributed by atoms with Crippen molar-refractivity contribution < 1.29 is 19.1 Å². The normalized spacial score (nSPS) is 10.8. The van der Waals surface area contributed by atoms with Gasteiger partial charge in [0.1, 0.15) is 11.6 Å². The highest BCUT2D eigenvalue weighted by atomic mass is 35.5. The van der Waals surface area contributed by atoms with E-state index in [0.29, 0.717) is 25.0 Å². The molecule has 0 fully saturated rings. The molecule has 2 rings (SSSR count). The fraction of sp³-hybridized carbons (Fsp3) is 0.235. The number of unbranched alkanes of at least 4 members (excludes halogenated alkanes) is 1. The molecule has 0 bridgehead atoms. The number of benzene rings is 2. The van der Waals surface area contributed by atoms with Crippen molar-refractivity contribution in [3.05, 3.63) is 54.1 Å². The maximum absolute atomic E-state index is 10.7. The topological polar surface area (TPSA) is 117 Å². The van der Waals surface area contributed by atoms with Gasteiger partial charge in [0, 0.05) is 11.7 Å². The minimum atomic E-state index is -3.91. The SMILES string of the molecule is Cl.N=C(N)c1ccc(-c2ccc(OCCCCP(=O)(O)O)cc2)cc1. The highest BCUT2D eigenvalue weighted by Crippen LogP contribution is 2.35. The highest BCUT2D eigenvalue weighted by Gasteiger charge is 2.11. The third kappa shape index (κ3) is 7.28. The Bertz CT molecular complexity index is 729. The number of halogens is 1. The van der Waals surface area contributed by atoms with Crippen molar-refractivity contribution in [2.75, 3.05) is 12.8 Å². The predicted molar refractivity (Wildman–Crippen MR) is 102 cm³/mol. The smallest absolute Gasteiger partial charge is 0.325 e. The predicted octanol–water partition coefficient (Wildman–Crippen LogP) is 3.40. The molecule has 0 spiro atoms. The summed E-state index contributed by atoms with van der Waals surface area (Å²) in [6, 6.07) is 15.0. The minimum absolute atomic E-state index is 0. The molecule has 0 saturated carbocycles. The van der Waals surface area contributed by atoms with Gasteiger partial charge in [-0.1, -0.05) is 36.4 Å². The Morgan fingerprint density at radius 1 is 1.00 bits per heavy atom. The first kappa shape index (κ1) is 21.2. The van der Waals surface area contributed by atoms with Crippen molar-refractivity contribution in [2.24, 2.45) is 5.73 Å². The number of hydrogen-bond acceptors (Lipinski definition) is 3. The summed E-state index contributed by atoms with van der Waals surface area (Å²) in [5, 5.41) is 7.38. The van der Waals surface area contributed by atoms with E-state index in [1.165, 1.54) is 0 Å². The molecule has 0 saturated heterocycles. The second kappa shape index (κ2) is 9.59. The zero-order chi connectivity index (χ0) is 17.6. The van der Waals surface area contributed by atoms with Crippen LogP contribution in [-0.4, -0.2) is 28.4 Å². The van der Waals surface area contributed by atoms with Crippen LogP contribution in [0.5, 0.6) is 5.75 Å². The number of nitrogen functional groups attached to an aromatic ring is 1. The summed E-state index contributed by atoms with van der Waals surface area (Å²) in [5.74, 6) is 0.763. The molecular formula is C17H22ClN2O4P. The van der Waals surface area contributed by atoms with Gasteiger partial charge < -0.3 is 20.3 Å². The average Bonchev–Trinajstić information content (AvgIpc) is 2.54. The Kier molecular flexibility index (Phi) is 8.13. The molecule has 0 aliphatic carbocycles. The van der Waals surface area contributed by atoms with E-state index in [9.17, 15) is 4.57 Å². The maximum atomic E-state index is 10.7. The second-order valence-electron chi connectivity index (χ2n) is 5.46. The first-order valence-electron chi connectivity index (χ1n) is 7.57. The first-order valence-corrected chi connectivity index (χ1v) is 9.37. The van der Waals surface area contributed by atoms with Crippen molar-refractivity contribution in [3.8, 4) is 16.9 Å². The van der Waals surface area contributed by atoms with Crippen molar-refractivity contribution in [1.82, 2.24) is 0 Å². The summed E-state index contributed by atoms with van der Waals surface area (Å²) >= 11 is 0. The van der Waals surface area contributed by atoms with Gasteiger partial charge in [0.15, 0.2) is 0 Å². The summed E-state index contributed by atoms with van der Waals surface area (Å²) in [6.45, 7) is 0.423. The number of nitrogens with one attached hydrogen (secondary N) is 1. The van der Waals surface area contributed by atoms with Crippen LogP contribution in [0, 0.1) is 5.41 Å². The van der Waals surface area contributed by atoms with E-state index in [1.54, 1.807) is 0 Å². The Labute approximate surface area is 153 Å². The van der Waals surface area contributed by atoms with E-state index in [1.807, 2.05) is 48.5 Å². The van der Waals surface area contributed by atoms with Gasteiger partial charge in [-0.2, -0.15) is 0 Å². The third-order valence-electron chi connectivity index (χ3n) is 3.50. The summed E-state index contributed by atoms with van der Waals surface area (Å²) in [6.07, 6.45) is 0.926. The number of ether oxygens (including phenoxy) is 1. The monoisotopic (exact) mass is 384 g/mol. The standard InChI is InChI=1S/C17H21N2O4P.ClH/c18-17(19)15-5-3-13(4-6-15)14-7-9-16(10-8-14)23-11-1-2-12-24(20,21)22;/h3-10H,1-2,11-12H2,(H3,18,19)(H2,20,21,22);1H. The Balaban J connectivity index is 0.00000312. The van der Waals surface area contributed by atoms with Crippen LogP contribution in [0.15, 0.2) is 48.5 Å². The molecule has 136 valence electrons. The molecule has 0 heterocycles. The van der Waals surface area contributed by atoms with E-state index in [4.69, 9.17) is 25.7 Å². The Morgan fingerprint density at radius 3 is 2.00 bits per heavy atom. The average molecular weight is 385 g/mol. The zero-order valence-corrected chi connectivity index (χ0v) is 15.3. The Morgan fingerprint density at radius 2 is 1.52 bits per heavy atom. The first-order chi connectivity index (χ1) is 11.3. The summed E-state index contributed by atoms with van der Waals surface area (Å²) in [4.78, 5) is 17.5. The summed E-state index contributed by atoms with van der Waals surface area (Å²) < 4.78 is 16.3. The molecule has 8 heteroatoms. The van der Waals surface area contributed by atoms with Crippen molar-refractivity contribution in [1.29, 1.82) is 5.41 Å². The van der Waals surface area contributed by atoms with Crippen LogP contribution in [0.25, 0.3) is 11.1 Å². The fourth-order valence-corrected chi connectivity index (χ4v) is 2.83. The lowest BCUT2D eigenvalue weighted by Crippen LogP contribution is -2.10. The quantitative estimate of drug-likeness (QED) is 0.241. The van der Waals surface area contributed by atoms with E-state index in [-0.39, 0.29) is 24.4 Å². The molecule has 0 atom stereocenters. The molecule has 0 unspecified atom stereocenters. The highest BCUT2D eigenvalue weighted by molar-refractivity contribution is 7.51. The molecule has 0 radical (unpaired) electrons. The van der Waals surface area contributed by atoms with Gasteiger partial charge in [0.2, 0.25) is 0 Å². The summed E-state index contributed by atoms with van der Waals surface area (Å²) in [7, 11) is -3.91. The van der Waals surface area contributed by atoms with Gasteiger partial charge in [-0.3, -0.25) is 9.97 Å². The number of amidine groups is 1. The largest absolute Gasteiger partial charge is 0.494 e. The molecule has 0 aromatic heterocycles. The van der Waals surface area contributed by atoms with Gasteiger partial charge in [-0.15, -0.1) is 12.4 Å². The lowest BCUT2D eigenvalue weighted by Gasteiger charge is -2.08. The van der Waals surface area contributed by atoms with Crippen LogP contribution in [0.1, 0.15) is 18.4 Å². The Hall–Kier alpha value is -1.85. The minimum Gasteiger partial charge on any atom is -0.494 e. The number of hydrogen-bond donors (Lipinski definition) is 4.